The maximum Gasteiger partial charge on any atom is 0.330 e. The number of hydrogen-bond donors (Lipinski definition) is 1. The van der Waals surface area contributed by atoms with E-state index in [4.69, 9.17) is 4.74 Å². The number of esters is 1. The van der Waals surface area contributed by atoms with E-state index < -0.39 is 12.0 Å². The lowest BCUT2D eigenvalue weighted by atomic mass is 10.0. The summed E-state index contributed by atoms with van der Waals surface area (Å²) in [5.41, 5.74) is 0. The van der Waals surface area contributed by atoms with Gasteiger partial charge in [0.15, 0.2) is 5.78 Å². The van der Waals surface area contributed by atoms with Gasteiger partial charge in [0.25, 0.3) is 0 Å². The smallest absolute Gasteiger partial charge is 0.330 e. The van der Waals surface area contributed by atoms with Crippen molar-refractivity contribution in [1.29, 1.82) is 0 Å². The second kappa shape index (κ2) is 8.45. The number of amides is 1. The van der Waals surface area contributed by atoms with Crippen LogP contribution in [0.4, 0.5) is 0 Å². The van der Waals surface area contributed by atoms with Crippen LogP contribution >= 0.6 is 0 Å². The van der Waals surface area contributed by atoms with Crippen molar-refractivity contribution < 1.29 is 19.1 Å². The van der Waals surface area contributed by atoms with Crippen LogP contribution in [0.3, 0.4) is 0 Å². The van der Waals surface area contributed by atoms with E-state index in [2.05, 4.69) is 5.32 Å². The fourth-order valence-electron chi connectivity index (χ4n) is 1.50. The van der Waals surface area contributed by atoms with Gasteiger partial charge in [-0.25, -0.2) is 4.79 Å². The molecule has 0 saturated carbocycles. The number of ether oxygens (including phenoxy) is 1. The molecule has 0 fully saturated rings. The molecule has 0 aromatic carbocycles. The highest BCUT2D eigenvalue weighted by Gasteiger charge is 2.19. The van der Waals surface area contributed by atoms with Gasteiger partial charge in [0.1, 0.15) is 0 Å². The van der Waals surface area contributed by atoms with Crippen LogP contribution in [0, 0.1) is 5.92 Å². The molecule has 19 heavy (non-hydrogen) atoms. The Hall–Kier alpha value is -1.65. The molecule has 0 saturated heterocycles. The summed E-state index contributed by atoms with van der Waals surface area (Å²) in [6, 6.07) is -0.483. The summed E-state index contributed by atoms with van der Waals surface area (Å²) in [5.74, 6) is -0.805. The lowest BCUT2D eigenvalue weighted by molar-refractivity contribution is -0.141. The first kappa shape index (κ1) is 17.4. The van der Waals surface area contributed by atoms with Crippen LogP contribution in [0.5, 0.6) is 0 Å². The van der Waals surface area contributed by atoms with Gasteiger partial charge >= 0.3 is 5.97 Å². The highest BCUT2D eigenvalue weighted by molar-refractivity contribution is 5.89. The molecule has 0 radical (unpaired) electrons. The largest absolute Gasteiger partial charge is 0.460 e. The van der Waals surface area contributed by atoms with Gasteiger partial charge in [-0.05, 0) is 26.7 Å². The Morgan fingerprint density at radius 1 is 1.16 bits per heavy atom. The van der Waals surface area contributed by atoms with Crippen LogP contribution in [0.15, 0.2) is 12.2 Å². The monoisotopic (exact) mass is 269 g/mol. The zero-order valence-corrected chi connectivity index (χ0v) is 12.2. The zero-order chi connectivity index (χ0) is 15.0. The molecule has 108 valence electrons. The Morgan fingerprint density at radius 2 is 1.74 bits per heavy atom. The summed E-state index contributed by atoms with van der Waals surface area (Å²) >= 11 is 0. The number of Topliss-reactive ketones (excluding diaryl/α,β-unsaturated/α-hetero) is 1. The molecular formula is C14H23NO4. The van der Waals surface area contributed by atoms with E-state index in [-0.39, 0.29) is 30.1 Å². The summed E-state index contributed by atoms with van der Waals surface area (Å²) < 4.78 is 4.88. The number of carbonyl (C=O) groups is 3. The molecule has 5 heteroatoms. The normalized spacial score (nSPS) is 12.8. The molecule has 0 aliphatic rings. The van der Waals surface area contributed by atoms with Gasteiger partial charge in [0.05, 0.1) is 12.1 Å². The molecule has 0 heterocycles. The number of rotatable bonds is 7. The van der Waals surface area contributed by atoms with Gasteiger partial charge in [0.2, 0.25) is 5.91 Å². The summed E-state index contributed by atoms with van der Waals surface area (Å²) in [4.78, 5) is 34.1. The number of ketones is 1. The van der Waals surface area contributed by atoms with E-state index in [9.17, 15) is 14.4 Å². The molecule has 0 bridgehead atoms. The first-order valence-corrected chi connectivity index (χ1v) is 6.41. The molecule has 5 nitrogen and oxygen atoms in total. The number of nitrogens with one attached hydrogen (secondary N) is 1. The van der Waals surface area contributed by atoms with E-state index in [1.54, 1.807) is 13.8 Å². The molecule has 0 aromatic heterocycles. The molecule has 0 aliphatic heterocycles. The summed E-state index contributed by atoms with van der Waals surface area (Å²) in [6.07, 6.45) is 2.51. The van der Waals surface area contributed by atoms with Crippen molar-refractivity contribution in [2.24, 2.45) is 5.92 Å². The van der Waals surface area contributed by atoms with E-state index >= 15 is 0 Å². The molecule has 0 aliphatic carbocycles. The van der Waals surface area contributed by atoms with Crippen LogP contribution in [-0.4, -0.2) is 29.8 Å². The van der Waals surface area contributed by atoms with Crippen molar-refractivity contribution in [3.05, 3.63) is 12.2 Å². The number of carbonyl (C=O) groups excluding carboxylic acids is 3. The highest BCUT2D eigenvalue weighted by Crippen LogP contribution is 2.03. The molecule has 0 spiro atoms. The van der Waals surface area contributed by atoms with Crippen LogP contribution in [0.2, 0.25) is 0 Å². The summed E-state index contributed by atoms with van der Waals surface area (Å²) in [5, 5.41) is 2.64. The lowest BCUT2D eigenvalue weighted by Gasteiger charge is -2.18. The van der Waals surface area contributed by atoms with Crippen molar-refractivity contribution in [1.82, 2.24) is 5.32 Å². The Balaban J connectivity index is 4.21. The van der Waals surface area contributed by atoms with Crippen LogP contribution in [-0.2, 0) is 19.1 Å². The minimum absolute atomic E-state index is 0.0383. The van der Waals surface area contributed by atoms with Gasteiger partial charge in [-0.2, -0.15) is 0 Å². The summed E-state index contributed by atoms with van der Waals surface area (Å²) in [6.45, 7) is 8.67. The average Bonchev–Trinajstić information content (AvgIpc) is 2.23. The third-order valence-corrected chi connectivity index (χ3v) is 2.33. The highest BCUT2D eigenvalue weighted by atomic mass is 16.5. The van der Waals surface area contributed by atoms with Gasteiger partial charge in [-0.1, -0.05) is 19.9 Å². The molecule has 1 atom stereocenters. The third kappa shape index (κ3) is 8.13. The maximum absolute atomic E-state index is 11.6. The Bertz CT molecular complexity index is 358. The fraction of sp³-hybridized carbons (Fsp3) is 0.643. The van der Waals surface area contributed by atoms with E-state index in [0.717, 1.165) is 0 Å². The predicted molar refractivity (Wildman–Crippen MR) is 72.4 cm³/mol. The molecule has 1 amide bonds. The van der Waals surface area contributed by atoms with Gasteiger partial charge in [-0.3, -0.25) is 9.59 Å². The first-order valence-electron chi connectivity index (χ1n) is 6.41. The predicted octanol–water partition coefficient (Wildman–Crippen LogP) is 1.61. The molecular weight excluding hydrogens is 246 g/mol. The van der Waals surface area contributed by atoms with Crippen LogP contribution in [0.1, 0.15) is 41.0 Å². The molecule has 1 unspecified atom stereocenters. The Morgan fingerprint density at radius 3 is 2.16 bits per heavy atom. The zero-order valence-electron chi connectivity index (χ0n) is 12.2. The van der Waals surface area contributed by atoms with Gasteiger partial charge in [-0.15, -0.1) is 0 Å². The quantitative estimate of drug-likeness (QED) is 0.563. The number of hydrogen-bond acceptors (Lipinski definition) is 4. The third-order valence-electron chi connectivity index (χ3n) is 2.33. The minimum Gasteiger partial charge on any atom is -0.460 e. The van der Waals surface area contributed by atoms with Crippen molar-refractivity contribution in [3.63, 3.8) is 0 Å². The molecule has 1 N–H and O–H groups in total. The van der Waals surface area contributed by atoms with Gasteiger partial charge < -0.3 is 10.1 Å². The maximum atomic E-state index is 11.6. The standard InChI is InChI=1S/C14H23NO4/c1-9(2)14(11(5)16)15-12(17)7-6-8-13(18)19-10(3)4/h6,8-10,14H,7H2,1-5H3,(H,15,17)/b8-6+. The first-order chi connectivity index (χ1) is 8.73. The minimum atomic E-state index is -0.483. The second-order valence-electron chi connectivity index (χ2n) is 4.99. The SMILES string of the molecule is CC(=O)C(NC(=O)C/C=C/C(=O)OC(C)C)C(C)C. The Kier molecular flexibility index (Phi) is 7.72. The second-order valence-corrected chi connectivity index (χ2v) is 4.99. The van der Waals surface area contributed by atoms with Crippen molar-refractivity contribution in [3.8, 4) is 0 Å². The average molecular weight is 269 g/mol. The van der Waals surface area contributed by atoms with Gasteiger partial charge in [0, 0.05) is 12.5 Å². The molecule has 0 aromatic rings. The summed E-state index contributed by atoms with van der Waals surface area (Å²) in [7, 11) is 0. The fourth-order valence-corrected chi connectivity index (χ4v) is 1.50. The van der Waals surface area contributed by atoms with Crippen molar-refractivity contribution >= 4 is 17.7 Å². The Labute approximate surface area is 114 Å². The van der Waals surface area contributed by atoms with Crippen LogP contribution in [0.25, 0.3) is 0 Å². The lowest BCUT2D eigenvalue weighted by Crippen LogP contribution is -2.43. The van der Waals surface area contributed by atoms with E-state index in [1.165, 1.54) is 19.1 Å². The van der Waals surface area contributed by atoms with E-state index in [0.29, 0.717) is 0 Å². The van der Waals surface area contributed by atoms with Crippen molar-refractivity contribution in [2.45, 2.75) is 53.2 Å². The molecule has 0 rings (SSSR count). The van der Waals surface area contributed by atoms with Crippen LogP contribution < -0.4 is 5.32 Å². The van der Waals surface area contributed by atoms with E-state index in [1.807, 2.05) is 13.8 Å². The van der Waals surface area contributed by atoms with Crippen molar-refractivity contribution in [2.75, 3.05) is 0 Å². The topological polar surface area (TPSA) is 72.5 Å².